The standard InChI is InChI=1S/C12H16O2/c1-3-9(2)11(13)12(14)10-7-5-4-6-8-10/h3-9,11-14H,1H2,2H3/t9-,11+,12+/m1/s1. The van der Waals surface area contributed by atoms with E-state index in [1.807, 2.05) is 25.1 Å². The Balaban J connectivity index is 2.75. The molecule has 0 aliphatic heterocycles. The summed E-state index contributed by atoms with van der Waals surface area (Å²) in [7, 11) is 0. The fourth-order valence-electron chi connectivity index (χ4n) is 1.27. The van der Waals surface area contributed by atoms with Gasteiger partial charge < -0.3 is 10.2 Å². The fourth-order valence-corrected chi connectivity index (χ4v) is 1.27. The van der Waals surface area contributed by atoms with Crippen LogP contribution in [0.25, 0.3) is 0 Å². The Morgan fingerprint density at radius 2 is 1.79 bits per heavy atom. The molecule has 0 aliphatic carbocycles. The quantitative estimate of drug-likeness (QED) is 0.715. The van der Waals surface area contributed by atoms with Crippen LogP contribution in [0, 0.1) is 5.92 Å². The van der Waals surface area contributed by atoms with Gasteiger partial charge in [-0.25, -0.2) is 0 Å². The summed E-state index contributed by atoms with van der Waals surface area (Å²) in [6.07, 6.45) is -0.00398. The number of aliphatic hydroxyl groups is 2. The minimum Gasteiger partial charge on any atom is -0.389 e. The van der Waals surface area contributed by atoms with Gasteiger partial charge in [0, 0.05) is 5.92 Å². The minimum absolute atomic E-state index is 0.120. The molecule has 0 heterocycles. The molecule has 1 rings (SSSR count). The van der Waals surface area contributed by atoms with Crippen molar-refractivity contribution in [3.63, 3.8) is 0 Å². The summed E-state index contributed by atoms with van der Waals surface area (Å²) in [5.74, 6) is -0.120. The third-order valence-electron chi connectivity index (χ3n) is 2.38. The van der Waals surface area contributed by atoms with E-state index in [-0.39, 0.29) is 5.92 Å². The Morgan fingerprint density at radius 1 is 1.21 bits per heavy atom. The SMILES string of the molecule is C=C[C@@H](C)[C@H](O)[C@@H](O)c1ccccc1. The summed E-state index contributed by atoms with van der Waals surface area (Å²) in [5.41, 5.74) is 0.730. The highest BCUT2D eigenvalue weighted by Gasteiger charge is 2.21. The molecular weight excluding hydrogens is 176 g/mol. The topological polar surface area (TPSA) is 40.5 Å². The van der Waals surface area contributed by atoms with Gasteiger partial charge in [0.2, 0.25) is 0 Å². The molecule has 2 heteroatoms. The van der Waals surface area contributed by atoms with Crippen molar-refractivity contribution in [1.29, 1.82) is 0 Å². The van der Waals surface area contributed by atoms with Gasteiger partial charge in [0.25, 0.3) is 0 Å². The first-order valence-electron chi connectivity index (χ1n) is 4.70. The van der Waals surface area contributed by atoms with E-state index in [2.05, 4.69) is 6.58 Å². The summed E-state index contributed by atoms with van der Waals surface area (Å²) in [4.78, 5) is 0. The van der Waals surface area contributed by atoms with Gasteiger partial charge in [-0.3, -0.25) is 0 Å². The van der Waals surface area contributed by atoms with E-state index in [0.29, 0.717) is 0 Å². The maximum absolute atomic E-state index is 9.79. The van der Waals surface area contributed by atoms with Crippen LogP contribution in [0.1, 0.15) is 18.6 Å². The molecule has 3 atom stereocenters. The molecule has 0 saturated carbocycles. The zero-order valence-electron chi connectivity index (χ0n) is 8.30. The van der Waals surface area contributed by atoms with Crippen molar-refractivity contribution < 1.29 is 10.2 Å². The Kier molecular flexibility index (Phi) is 3.86. The highest BCUT2D eigenvalue weighted by Crippen LogP contribution is 2.21. The normalized spacial score (nSPS) is 17.1. The molecule has 0 radical (unpaired) electrons. The zero-order valence-corrected chi connectivity index (χ0v) is 8.30. The van der Waals surface area contributed by atoms with Crippen LogP contribution in [-0.4, -0.2) is 16.3 Å². The summed E-state index contributed by atoms with van der Waals surface area (Å²) in [6, 6.07) is 9.14. The predicted molar refractivity (Wildman–Crippen MR) is 56.8 cm³/mol. The Bertz CT molecular complexity index is 282. The molecule has 1 aromatic carbocycles. The second kappa shape index (κ2) is 4.94. The number of benzene rings is 1. The minimum atomic E-state index is -0.843. The maximum Gasteiger partial charge on any atom is 0.105 e. The predicted octanol–water partition coefficient (Wildman–Crippen LogP) is 1.90. The highest BCUT2D eigenvalue weighted by atomic mass is 16.3. The van der Waals surface area contributed by atoms with E-state index in [1.165, 1.54) is 0 Å². The molecule has 0 unspecified atom stereocenters. The zero-order chi connectivity index (χ0) is 10.6. The van der Waals surface area contributed by atoms with Crippen molar-refractivity contribution in [1.82, 2.24) is 0 Å². The average molecular weight is 192 g/mol. The molecule has 0 amide bonds. The molecule has 2 nitrogen and oxygen atoms in total. The van der Waals surface area contributed by atoms with E-state index >= 15 is 0 Å². The first-order chi connectivity index (χ1) is 6.66. The molecule has 14 heavy (non-hydrogen) atoms. The maximum atomic E-state index is 9.79. The van der Waals surface area contributed by atoms with Gasteiger partial charge in [-0.15, -0.1) is 6.58 Å². The molecule has 1 aromatic rings. The van der Waals surface area contributed by atoms with Crippen LogP contribution in [0.5, 0.6) is 0 Å². The van der Waals surface area contributed by atoms with Gasteiger partial charge in [0.15, 0.2) is 0 Å². The van der Waals surface area contributed by atoms with Gasteiger partial charge in [-0.2, -0.15) is 0 Å². The molecule has 0 spiro atoms. The third kappa shape index (κ3) is 2.44. The van der Waals surface area contributed by atoms with E-state index in [1.54, 1.807) is 18.2 Å². The first kappa shape index (κ1) is 11.0. The van der Waals surface area contributed by atoms with Gasteiger partial charge in [-0.05, 0) is 5.56 Å². The van der Waals surface area contributed by atoms with Crippen molar-refractivity contribution in [3.8, 4) is 0 Å². The van der Waals surface area contributed by atoms with Crippen molar-refractivity contribution >= 4 is 0 Å². The number of hydrogen-bond donors (Lipinski definition) is 2. The molecule has 2 N–H and O–H groups in total. The van der Waals surface area contributed by atoms with Gasteiger partial charge >= 0.3 is 0 Å². The largest absolute Gasteiger partial charge is 0.389 e. The van der Waals surface area contributed by atoms with Crippen molar-refractivity contribution in [2.75, 3.05) is 0 Å². The van der Waals surface area contributed by atoms with Crippen LogP contribution in [0.4, 0.5) is 0 Å². The summed E-state index contributed by atoms with van der Waals surface area (Å²) in [6.45, 7) is 5.41. The van der Waals surface area contributed by atoms with Crippen LogP contribution in [-0.2, 0) is 0 Å². The van der Waals surface area contributed by atoms with Crippen LogP contribution in [0.2, 0.25) is 0 Å². The lowest BCUT2D eigenvalue weighted by Crippen LogP contribution is -2.24. The van der Waals surface area contributed by atoms with Crippen LogP contribution < -0.4 is 0 Å². The second-order valence-electron chi connectivity index (χ2n) is 3.44. The molecular formula is C12H16O2. The Hall–Kier alpha value is -1.12. The lowest BCUT2D eigenvalue weighted by atomic mass is 9.95. The fraction of sp³-hybridized carbons (Fsp3) is 0.333. The molecule has 0 saturated heterocycles. The summed E-state index contributed by atoms with van der Waals surface area (Å²) in [5, 5.41) is 19.5. The molecule has 0 bridgehead atoms. The molecule has 0 aliphatic rings. The van der Waals surface area contributed by atoms with E-state index in [9.17, 15) is 10.2 Å². The van der Waals surface area contributed by atoms with E-state index in [0.717, 1.165) is 5.56 Å². The molecule has 0 aromatic heterocycles. The van der Waals surface area contributed by atoms with E-state index in [4.69, 9.17) is 0 Å². The summed E-state index contributed by atoms with van der Waals surface area (Å²) >= 11 is 0. The van der Waals surface area contributed by atoms with Crippen LogP contribution in [0.3, 0.4) is 0 Å². The number of rotatable bonds is 4. The number of aliphatic hydroxyl groups excluding tert-OH is 2. The first-order valence-corrected chi connectivity index (χ1v) is 4.70. The lowest BCUT2D eigenvalue weighted by molar-refractivity contribution is -0.00252. The van der Waals surface area contributed by atoms with Crippen molar-refractivity contribution in [2.45, 2.75) is 19.1 Å². The Labute approximate surface area is 84.5 Å². The van der Waals surface area contributed by atoms with Gasteiger partial charge in [-0.1, -0.05) is 43.3 Å². The average Bonchev–Trinajstić information content (AvgIpc) is 2.27. The van der Waals surface area contributed by atoms with Crippen molar-refractivity contribution in [3.05, 3.63) is 48.6 Å². The summed E-state index contributed by atoms with van der Waals surface area (Å²) < 4.78 is 0. The Morgan fingerprint density at radius 3 is 2.29 bits per heavy atom. The monoisotopic (exact) mass is 192 g/mol. The highest BCUT2D eigenvalue weighted by molar-refractivity contribution is 5.18. The molecule has 76 valence electrons. The molecule has 0 fully saturated rings. The van der Waals surface area contributed by atoms with Gasteiger partial charge in [0.1, 0.15) is 6.10 Å². The lowest BCUT2D eigenvalue weighted by Gasteiger charge is -2.21. The van der Waals surface area contributed by atoms with E-state index < -0.39 is 12.2 Å². The van der Waals surface area contributed by atoms with Gasteiger partial charge in [0.05, 0.1) is 6.10 Å². The van der Waals surface area contributed by atoms with Crippen LogP contribution in [0.15, 0.2) is 43.0 Å². The van der Waals surface area contributed by atoms with Crippen LogP contribution >= 0.6 is 0 Å². The van der Waals surface area contributed by atoms with Crippen molar-refractivity contribution in [2.24, 2.45) is 5.92 Å². The third-order valence-corrected chi connectivity index (χ3v) is 2.38. The smallest absolute Gasteiger partial charge is 0.105 e. The second-order valence-corrected chi connectivity index (χ2v) is 3.44. The number of hydrogen-bond acceptors (Lipinski definition) is 2.